The zero-order valence-corrected chi connectivity index (χ0v) is 10.8. The Bertz CT molecular complexity index is 344. The molecule has 5 nitrogen and oxygen atoms in total. The van der Waals surface area contributed by atoms with E-state index in [0.717, 1.165) is 17.7 Å². The zero-order valence-electron chi connectivity index (χ0n) is 10.8. The number of imide groups is 1. The molecule has 1 atom stereocenters. The number of carbonyl (C=O) groups excluding carboxylic acids is 3. The van der Waals surface area contributed by atoms with Crippen molar-refractivity contribution in [1.82, 2.24) is 4.90 Å². The number of nitrogens with zero attached hydrogens (tertiary/aromatic N) is 1. The van der Waals surface area contributed by atoms with Crippen molar-refractivity contribution < 1.29 is 19.1 Å². The highest BCUT2D eigenvalue weighted by Crippen LogP contribution is 2.16. The molecule has 0 spiro atoms. The van der Waals surface area contributed by atoms with E-state index in [1.807, 2.05) is 13.8 Å². The van der Waals surface area contributed by atoms with Crippen molar-refractivity contribution >= 4 is 17.8 Å². The van der Waals surface area contributed by atoms with Crippen molar-refractivity contribution in [2.45, 2.75) is 45.6 Å². The molecule has 0 aromatic heterocycles. The maximum absolute atomic E-state index is 11.9. The Hall–Kier alpha value is -1.65. The lowest BCUT2D eigenvalue weighted by molar-refractivity contribution is -0.158. The van der Waals surface area contributed by atoms with Gasteiger partial charge in [0.2, 0.25) is 0 Å². The largest absolute Gasteiger partial charge is 0.464 e. The number of rotatable bonds is 7. The van der Waals surface area contributed by atoms with E-state index in [4.69, 9.17) is 4.74 Å². The van der Waals surface area contributed by atoms with Crippen LogP contribution in [0.3, 0.4) is 0 Å². The first-order valence-corrected chi connectivity index (χ1v) is 6.33. The Morgan fingerprint density at radius 2 is 1.83 bits per heavy atom. The molecule has 0 saturated heterocycles. The topological polar surface area (TPSA) is 63.7 Å². The normalized spacial score (nSPS) is 16.2. The fraction of sp³-hybridized carbons (Fsp3) is 0.615. The van der Waals surface area contributed by atoms with Crippen LogP contribution in [0.1, 0.15) is 39.5 Å². The first kappa shape index (κ1) is 14.4. The van der Waals surface area contributed by atoms with Crippen LogP contribution in [-0.4, -0.2) is 35.3 Å². The molecule has 0 aliphatic carbocycles. The van der Waals surface area contributed by atoms with E-state index >= 15 is 0 Å². The summed E-state index contributed by atoms with van der Waals surface area (Å²) in [5.41, 5.74) is 0. The third kappa shape index (κ3) is 3.42. The molecule has 0 fully saturated rings. The highest BCUT2D eigenvalue weighted by atomic mass is 16.5. The summed E-state index contributed by atoms with van der Waals surface area (Å²) in [6.07, 6.45) is 5.21. The molecule has 0 bridgehead atoms. The van der Waals surface area contributed by atoms with Crippen LogP contribution in [-0.2, 0) is 19.1 Å². The van der Waals surface area contributed by atoms with Crippen LogP contribution < -0.4 is 0 Å². The van der Waals surface area contributed by atoms with E-state index in [1.54, 1.807) is 0 Å². The molecular formula is C13H19NO4. The standard InChI is InChI=1S/C13H19NO4/c1-3-5-6-10(13(17)18-9-4-2)14-11(15)7-8-12(14)16/h7-8,10H,3-6,9H2,1-2H3. The lowest BCUT2D eigenvalue weighted by Gasteiger charge is -2.24. The van der Waals surface area contributed by atoms with Crippen molar-refractivity contribution in [1.29, 1.82) is 0 Å². The van der Waals surface area contributed by atoms with Gasteiger partial charge in [-0.3, -0.25) is 14.5 Å². The van der Waals surface area contributed by atoms with Crippen LogP contribution in [0.5, 0.6) is 0 Å². The Morgan fingerprint density at radius 3 is 2.33 bits per heavy atom. The summed E-state index contributed by atoms with van der Waals surface area (Å²) in [4.78, 5) is 36.0. The Morgan fingerprint density at radius 1 is 1.22 bits per heavy atom. The van der Waals surface area contributed by atoms with Crippen LogP contribution >= 0.6 is 0 Å². The molecule has 18 heavy (non-hydrogen) atoms. The lowest BCUT2D eigenvalue weighted by atomic mass is 10.1. The van der Waals surface area contributed by atoms with E-state index < -0.39 is 23.8 Å². The van der Waals surface area contributed by atoms with Gasteiger partial charge >= 0.3 is 5.97 Å². The van der Waals surface area contributed by atoms with Gasteiger partial charge in [-0.1, -0.05) is 26.7 Å². The summed E-state index contributed by atoms with van der Waals surface area (Å²) in [5, 5.41) is 0. The van der Waals surface area contributed by atoms with Gasteiger partial charge in [0, 0.05) is 12.2 Å². The number of ether oxygens (including phenoxy) is 1. The van der Waals surface area contributed by atoms with Gasteiger partial charge in [-0.2, -0.15) is 0 Å². The predicted octanol–water partition coefficient (Wildman–Crippen LogP) is 1.42. The van der Waals surface area contributed by atoms with Crippen LogP contribution in [0.25, 0.3) is 0 Å². The molecule has 0 radical (unpaired) electrons. The fourth-order valence-corrected chi connectivity index (χ4v) is 1.77. The molecule has 1 aliphatic heterocycles. The number of hydrogen-bond donors (Lipinski definition) is 0. The predicted molar refractivity (Wildman–Crippen MR) is 65.6 cm³/mol. The van der Waals surface area contributed by atoms with Gasteiger partial charge in [0.25, 0.3) is 11.8 Å². The smallest absolute Gasteiger partial charge is 0.329 e. The van der Waals surface area contributed by atoms with E-state index in [-0.39, 0.29) is 0 Å². The van der Waals surface area contributed by atoms with Crippen LogP contribution in [0.4, 0.5) is 0 Å². The summed E-state index contributed by atoms with van der Waals surface area (Å²) >= 11 is 0. The molecule has 2 amide bonds. The second-order valence-corrected chi connectivity index (χ2v) is 4.21. The maximum atomic E-state index is 11.9. The first-order valence-electron chi connectivity index (χ1n) is 6.33. The van der Waals surface area contributed by atoms with E-state index in [1.165, 1.54) is 12.2 Å². The summed E-state index contributed by atoms with van der Waals surface area (Å²) in [5.74, 6) is -1.36. The van der Waals surface area contributed by atoms with Crippen molar-refractivity contribution in [2.75, 3.05) is 6.61 Å². The Labute approximate surface area is 107 Å². The first-order chi connectivity index (χ1) is 8.61. The van der Waals surface area contributed by atoms with E-state index in [0.29, 0.717) is 19.4 Å². The number of unbranched alkanes of at least 4 members (excludes halogenated alkanes) is 1. The second kappa shape index (κ2) is 6.93. The van der Waals surface area contributed by atoms with Crippen LogP contribution in [0.15, 0.2) is 12.2 Å². The summed E-state index contributed by atoms with van der Waals surface area (Å²) in [7, 11) is 0. The third-order valence-electron chi connectivity index (χ3n) is 2.71. The molecule has 0 saturated carbocycles. The van der Waals surface area contributed by atoms with Crippen molar-refractivity contribution in [3.63, 3.8) is 0 Å². The SMILES string of the molecule is CCCCC(C(=O)OCCC)N1C(=O)C=CC1=O. The minimum Gasteiger partial charge on any atom is -0.464 e. The highest BCUT2D eigenvalue weighted by Gasteiger charge is 2.36. The van der Waals surface area contributed by atoms with Crippen LogP contribution in [0.2, 0.25) is 0 Å². The lowest BCUT2D eigenvalue weighted by Crippen LogP contribution is -2.45. The quantitative estimate of drug-likeness (QED) is 0.508. The fourth-order valence-electron chi connectivity index (χ4n) is 1.77. The Balaban J connectivity index is 2.74. The summed E-state index contributed by atoms with van der Waals surface area (Å²) in [6, 6.07) is -0.786. The highest BCUT2D eigenvalue weighted by molar-refractivity contribution is 6.14. The molecular weight excluding hydrogens is 234 g/mol. The summed E-state index contributed by atoms with van der Waals surface area (Å²) in [6.45, 7) is 4.19. The average Bonchev–Trinajstić information content (AvgIpc) is 2.68. The number of esters is 1. The molecule has 100 valence electrons. The van der Waals surface area contributed by atoms with Gasteiger partial charge in [-0.15, -0.1) is 0 Å². The second-order valence-electron chi connectivity index (χ2n) is 4.21. The monoisotopic (exact) mass is 253 g/mol. The zero-order chi connectivity index (χ0) is 13.5. The molecule has 0 aromatic carbocycles. The third-order valence-corrected chi connectivity index (χ3v) is 2.71. The van der Waals surface area contributed by atoms with Gasteiger partial charge in [0.15, 0.2) is 0 Å². The molecule has 1 unspecified atom stereocenters. The minimum atomic E-state index is -0.786. The molecule has 1 heterocycles. The summed E-state index contributed by atoms with van der Waals surface area (Å²) < 4.78 is 5.05. The van der Waals surface area contributed by atoms with E-state index in [9.17, 15) is 14.4 Å². The van der Waals surface area contributed by atoms with Crippen LogP contribution in [0, 0.1) is 0 Å². The number of carbonyl (C=O) groups is 3. The van der Waals surface area contributed by atoms with Crippen molar-refractivity contribution in [3.8, 4) is 0 Å². The number of hydrogen-bond acceptors (Lipinski definition) is 4. The van der Waals surface area contributed by atoms with Gasteiger partial charge in [-0.05, 0) is 12.8 Å². The van der Waals surface area contributed by atoms with Crippen molar-refractivity contribution in [2.24, 2.45) is 0 Å². The minimum absolute atomic E-state index is 0.311. The van der Waals surface area contributed by atoms with Crippen molar-refractivity contribution in [3.05, 3.63) is 12.2 Å². The Kier molecular flexibility index (Phi) is 5.55. The van der Waals surface area contributed by atoms with Gasteiger partial charge in [0.05, 0.1) is 6.61 Å². The molecule has 1 rings (SSSR count). The van der Waals surface area contributed by atoms with Gasteiger partial charge < -0.3 is 4.74 Å². The van der Waals surface area contributed by atoms with Gasteiger partial charge in [0.1, 0.15) is 6.04 Å². The molecule has 0 N–H and O–H groups in total. The number of amides is 2. The molecule has 0 aromatic rings. The average molecular weight is 253 g/mol. The maximum Gasteiger partial charge on any atom is 0.329 e. The van der Waals surface area contributed by atoms with Gasteiger partial charge in [-0.25, -0.2) is 4.79 Å². The molecule has 1 aliphatic rings. The van der Waals surface area contributed by atoms with E-state index in [2.05, 4.69) is 0 Å². The molecule has 5 heteroatoms.